The molecule has 0 unspecified atom stereocenters. The van der Waals surface area contributed by atoms with Crippen molar-refractivity contribution >= 4 is 6.29 Å². The summed E-state index contributed by atoms with van der Waals surface area (Å²) in [4.78, 5) is 10.9. The first-order valence-corrected chi connectivity index (χ1v) is 4.75. The molecular formula is C10H14O2. The Hall–Kier alpha value is -0.370. The Morgan fingerprint density at radius 3 is 2.67 bits per heavy atom. The van der Waals surface area contributed by atoms with Gasteiger partial charge in [0.1, 0.15) is 0 Å². The molecule has 12 heavy (non-hydrogen) atoms. The monoisotopic (exact) mass is 166 g/mol. The number of ether oxygens (including phenoxy) is 1. The minimum atomic E-state index is -0.335. The van der Waals surface area contributed by atoms with E-state index in [-0.39, 0.29) is 11.7 Å². The maximum absolute atomic E-state index is 10.9. The fraction of sp³-hybridized carbons (Fsp3) is 0.900. The summed E-state index contributed by atoms with van der Waals surface area (Å²) in [5.74, 6) is 1.31. The summed E-state index contributed by atoms with van der Waals surface area (Å²) >= 11 is 0. The van der Waals surface area contributed by atoms with Crippen molar-refractivity contribution in [1.29, 1.82) is 0 Å². The lowest BCUT2D eigenvalue weighted by Gasteiger charge is -2.56. The number of epoxide rings is 1. The molecule has 0 aromatic carbocycles. The molecule has 2 nitrogen and oxygen atoms in total. The summed E-state index contributed by atoms with van der Waals surface area (Å²) < 4.78 is 5.54. The van der Waals surface area contributed by atoms with Crippen molar-refractivity contribution in [3.8, 4) is 0 Å². The Labute approximate surface area is 72.3 Å². The topological polar surface area (TPSA) is 29.6 Å². The van der Waals surface area contributed by atoms with E-state index in [4.69, 9.17) is 4.74 Å². The summed E-state index contributed by atoms with van der Waals surface area (Å²) in [7, 11) is 0. The largest absolute Gasteiger partial charge is 0.358 e. The average molecular weight is 166 g/mol. The van der Waals surface area contributed by atoms with E-state index in [0.717, 1.165) is 18.6 Å². The predicted molar refractivity (Wildman–Crippen MR) is 43.7 cm³/mol. The van der Waals surface area contributed by atoms with Crippen molar-refractivity contribution in [3.05, 3.63) is 0 Å². The Kier molecular flexibility index (Phi) is 0.958. The molecule has 0 N–H and O–H groups in total. The number of hydrogen-bond donors (Lipinski definition) is 0. The smallest absolute Gasteiger partial charge is 0.154 e. The molecule has 0 radical (unpaired) electrons. The SMILES string of the molecule is CC1(C)[C@H]2C[C@@H]3O[C@]3(C=O)[C@@H]1C2. The highest BCUT2D eigenvalue weighted by molar-refractivity contribution is 5.70. The van der Waals surface area contributed by atoms with Gasteiger partial charge in [-0.25, -0.2) is 0 Å². The van der Waals surface area contributed by atoms with Crippen LogP contribution >= 0.6 is 0 Å². The molecule has 3 aliphatic carbocycles. The fourth-order valence-electron chi connectivity index (χ4n) is 3.38. The lowest BCUT2D eigenvalue weighted by atomic mass is 9.46. The third kappa shape index (κ3) is 0.506. The molecule has 4 rings (SSSR count). The number of carbonyl (C=O) groups excluding carboxylic acids is 1. The van der Waals surface area contributed by atoms with E-state index < -0.39 is 0 Å². The quantitative estimate of drug-likeness (QED) is 0.435. The van der Waals surface area contributed by atoms with Crippen LogP contribution < -0.4 is 0 Å². The van der Waals surface area contributed by atoms with Crippen LogP contribution in [0.3, 0.4) is 0 Å². The van der Waals surface area contributed by atoms with Crippen molar-refractivity contribution in [2.45, 2.75) is 38.4 Å². The second kappa shape index (κ2) is 1.63. The summed E-state index contributed by atoms with van der Waals surface area (Å²) in [5, 5.41) is 0. The van der Waals surface area contributed by atoms with Crippen LogP contribution in [0.1, 0.15) is 26.7 Å². The van der Waals surface area contributed by atoms with Crippen molar-refractivity contribution in [1.82, 2.24) is 0 Å². The molecule has 4 atom stereocenters. The van der Waals surface area contributed by atoms with Crippen LogP contribution in [0.4, 0.5) is 0 Å². The Morgan fingerprint density at radius 2 is 2.17 bits per heavy atom. The fourth-order valence-corrected chi connectivity index (χ4v) is 3.38. The first kappa shape index (κ1) is 7.07. The molecule has 66 valence electrons. The minimum absolute atomic E-state index is 0.284. The molecule has 1 saturated heterocycles. The van der Waals surface area contributed by atoms with Gasteiger partial charge in [0.05, 0.1) is 6.10 Å². The first-order chi connectivity index (χ1) is 5.61. The van der Waals surface area contributed by atoms with Gasteiger partial charge in [-0.2, -0.15) is 0 Å². The Morgan fingerprint density at radius 1 is 1.42 bits per heavy atom. The van der Waals surface area contributed by atoms with E-state index in [0.29, 0.717) is 11.3 Å². The van der Waals surface area contributed by atoms with Crippen LogP contribution in [0, 0.1) is 17.3 Å². The van der Waals surface area contributed by atoms with Crippen LogP contribution in [0.25, 0.3) is 0 Å². The molecule has 2 heteroatoms. The van der Waals surface area contributed by atoms with Crippen molar-refractivity contribution in [2.75, 3.05) is 0 Å². The molecule has 1 heterocycles. The van der Waals surface area contributed by atoms with Crippen LogP contribution in [-0.2, 0) is 9.53 Å². The standard InChI is InChI=1S/C10H14O2/c1-9(2)6-3-7(9)10(5-11)8(4-6)12-10/h5-8H,3-4H2,1-2H3/t6-,7-,8+,10-/m1/s1. The van der Waals surface area contributed by atoms with E-state index in [9.17, 15) is 4.79 Å². The molecule has 0 spiro atoms. The van der Waals surface area contributed by atoms with Crippen molar-refractivity contribution in [3.63, 3.8) is 0 Å². The van der Waals surface area contributed by atoms with E-state index in [2.05, 4.69) is 13.8 Å². The third-order valence-electron chi connectivity index (χ3n) is 4.49. The maximum atomic E-state index is 10.9. The average Bonchev–Trinajstić information content (AvgIpc) is 2.77. The molecule has 0 aromatic rings. The van der Waals surface area contributed by atoms with Crippen molar-refractivity contribution < 1.29 is 9.53 Å². The van der Waals surface area contributed by atoms with Gasteiger partial charge in [-0.3, -0.25) is 0 Å². The highest BCUT2D eigenvalue weighted by atomic mass is 16.6. The highest BCUT2D eigenvalue weighted by Crippen LogP contribution is 2.69. The zero-order valence-corrected chi connectivity index (χ0v) is 7.54. The van der Waals surface area contributed by atoms with Gasteiger partial charge >= 0.3 is 0 Å². The van der Waals surface area contributed by atoms with Gasteiger partial charge < -0.3 is 9.53 Å². The molecule has 1 aliphatic heterocycles. The van der Waals surface area contributed by atoms with Gasteiger partial charge in [0.2, 0.25) is 0 Å². The van der Waals surface area contributed by atoms with Crippen LogP contribution in [-0.4, -0.2) is 18.0 Å². The van der Waals surface area contributed by atoms with Gasteiger partial charge in [-0.05, 0) is 24.2 Å². The normalized spacial score (nSPS) is 58.3. The molecule has 0 aromatic heterocycles. The third-order valence-corrected chi connectivity index (χ3v) is 4.49. The minimum Gasteiger partial charge on any atom is -0.358 e. The first-order valence-electron chi connectivity index (χ1n) is 4.75. The van der Waals surface area contributed by atoms with E-state index in [1.54, 1.807) is 0 Å². The maximum Gasteiger partial charge on any atom is 0.154 e. The van der Waals surface area contributed by atoms with E-state index in [1.807, 2.05) is 0 Å². The number of aldehydes is 1. The Bertz CT molecular complexity index is 259. The number of carbonyl (C=O) groups is 1. The second-order valence-electron chi connectivity index (χ2n) is 5.12. The van der Waals surface area contributed by atoms with Gasteiger partial charge in [0, 0.05) is 5.92 Å². The summed E-state index contributed by atoms with van der Waals surface area (Å²) in [6.45, 7) is 4.55. The van der Waals surface area contributed by atoms with Gasteiger partial charge in [0.15, 0.2) is 11.9 Å². The molecular weight excluding hydrogens is 152 g/mol. The van der Waals surface area contributed by atoms with Crippen molar-refractivity contribution in [2.24, 2.45) is 17.3 Å². The zero-order valence-electron chi connectivity index (χ0n) is 7.54. The zero-order chi connectivity index (χ0) is 8.56. The molecule has 4 aliphatic rings. The Balaban J connectivity index is 1.99. The molecule has 2 bridgehead atoms. The van der Waals surface area contributed by atoms with Gasteiger partial charge in [-0.1, -0.05) is 13.8 Å². The summed E-state index contributed by atoms with van der Waals surface area (Å²) in [5.41, 5.74) is 0.0200. The van der Waals surface area contributed by atoms with Gasteiger partial charge in [0.25, 0.3) is 0 Å². The second-order valence-corrected chi connectivity index (χ2v) is 5.12. The predicted octanol–water partition coefficient (Wildman–Crippen LogP) is 1.39. The highest BCUT2D eigenvalue weighted by Gasteiger charge is 2.75. The summed E-state index contributed by atoms with van der Waals surface area (Å²) in [6, 6.07) is 0. The molecule has 0 amide bonds. The van der Waals surface area contributed by atoms with Crippen LogP contribution in [0.15, 0.2) is 0 Å². The molecule has 3 saturated carbocycles. The van der Waals surface area contributed by atoms with Crippen LogP contribution in [0.2, 0.25) is 0 Å². The lowest BCUT2D eigenvalue weighted by Crippen LogP contribution is -2.57. The lowest BCUT2D eigenvalue weighted by molar-refractivity contribution is -0.129. The van der Waals surface area contributed by atoms with E-state index in [1.165, 1.54) is 6.42 Å². The van der Waals surface area contributed by atoms with E-state index >= 15 is 0 Å². The van der Waals surface area contributed by atoms with Crippen LogP contribution in [0.5, 0.6) is 0 Å². The molecule has 4 fully saturated rings. The number of rotatable bonds is 1. The number of hydrogen-bond acceptors (Lipinski definition) is 2. The summed E-state index contributed by atoms with van der Waals surface area (Å²) in [6.07, 6.45) is 3.66. The van der Waals surface area contributed by atoms with Gasteiger partial charge in [-0.15, -0.1) is 0 Å².